The Morgan fingerprint density at radius 3 is 2.85 bits per heavy atom. The largest absolute Gasteiger partial charge is 0.369 e. The molecule has 3 N–H and O–H groups in total. The highest BCUT2D eigenvalue weighted by Gasteiger charge is 2.31. The molecule has 0 aromatic heterocycles. The maximum atomic E-state index is 11.6. The van der Waals surface area contributed by atoms with Crippen LogP contribution >= 0.6 is 0 Å². The van der Waals surface area contributed by atoms with Gasteiger partial charge in [0.2, 0.25) is 5.91 Å². The Morgan fingerprint density at radius 1 is 1.50 bits per heavy atom. The van der Waals surface area contributed by atoms with E-state index >= 15 is 0 Å². The molecule has 1 aliphatic rings. The molecule has 110 valence electrons. The van der Waals surface area contributed by atoms with E-state index in [2.05, 4.69) is 41.4 Å². The third-order valence-corrected chi connectivity index (χ3v) is 4.61. The van der Waals surface area contributed by atoms with Crippen LogP contribution in [-0.2, 0) is 11.2 Å². The highest BCUT2D eigenvalue weighted by molar-refractivity contribution is 5.84. The Balaban J connectivity index is 2.15. The average Bonchev–Trinajstić information content (AvgIpc) is 2.45. The van der Waals surface area contributed by atoms with Crippen LogP contribution in [0.2, 0.25) is 0 Å². The first-order valence-corrected chi connectivity index (χ1v) is 7.31. The van der Waals surface area contributed by atoms with E-state index in [0.29, 0.717) is 12.5 Å². The van der Waals surface area contributed by atoms with E-state index in [1.54, 1.807) is 7.05 Å². The van der Waals surface area contributed by atoms with Crippen molar-refractivity contribution in [2.24, 2.45) is 5.73 Å². The van der Waals surface area contributed by atoms with Gasteiger partial charge >= 0.3 is 0 Å². The molecule has 0 fully saturated rings. The highest BCUT2D eigenvalue weighted by Crippen LogP contribution is 2.31. The molecule has 20 heavy (non-hydrogen) atoms. The normalized spacial score (nSPS) is 21.1. The van der Waals surface area contributed by atoms with Crippen molar-refractivity contribution in [1.82, 2.24) is 5.32 Å². The van der Waals surface area contributed by atoms with Gasteiger partial charge in [-0.25, -0.2) is 0 Å². The summed E-state index contributed by atoms with van der Waals surface area (Å²) in [5.74, 6) is -0.294. The van der Waals surface area contributed by atoms with Crippen LogP contribution in [0.15, 0.2) is 24.3 Å². The van der Waals surface area contributed by atoms with Gasteiger partial charge in [0.15, 0.2) is 0 Å². The molecule has 1 amide bonds. The maximum absolute atomic E-state index is 11.6. The molecule has 0 saturated heterocycles. The lowest BCUT2D eigenvalue weighted by Gasteiger charge is -2.39. The first kappa shape index (κ1) is 14.9. The number of hydrogen-bond acceptors (Lipinski definition) is 3. The number of aryl methyl sites for hydroxylation is 1. The predicted octanol–water partition coefficient (Wildman–Crippen LogP) is 1.68. The number of nitrogens with zero attached hydrogens (tertiary/aromatic N) is 1. The second kappa shape index (κ2) is 5.83. The van der Waals surface area contributed by atoms with Gasteiger partial charge in [-0.3, -0.25) is 4.79 Å². The summed E-state index contributed by atoms with van der Waals surface area (Å²) in [4.78, 5) is 14.0. The molecular weight excluding hydrogens is 250 g/mol. The molecule has 0 radical (unpaired) electrons. The number of nitrogens with one attached hydrogen (secondary N) is 1. The van der Waals surface area contributed by atoms with Crippen molar-refractivity contribution < 1.29 is 4.79 Å². The maximum Gasteiger partial charge on any atom is 0.237 e. The number of carbonyl (C=O) groups excluding carboxylic acids is 1. The van der Waals surface area contributed by atoms with Crippen LogP contribution in [0, 0.1) is 0 Å². The summed E-state index contributed by atoms with van der Waals surface area (Å²) < 4.78 is 0. The van der Waals surface area contributed by atoms with Gasteiger partial charge < -0.3 is 16.0 Å². The van der Waals surface area contributed by atoms with Crippen molar-refractivity contribution in [3.63, 3.8) is 0 Å². The minimum atomic E-state index is -0.647. The molecule has 0 aliphatic carbocycles. The fourth-order valence-corrected chi connectivity index (χ4v) is 2.82. The van der Waals surface area contributed by atoms with Gasteiger partial charge in [-0.1, -0.05) is 18.2 Å². The van der Waals surface area contributed by atoms with Crippen LogP contribution in [0.4, 0.5) is 5.69 Å². The molecule has 1 heterocycles. The van der Waals surface area contributed by atoms with Crippen molar-refractivity contribution in [2.45, 2.75) is 44.7 Å². The first-order chi connectivity index (χ1) is 9.48. The Bertz CT molecular complexity index is 488. The number of rotatable bonds is 5. The van der Waals surface area contributed by atoms with Crippen LogP contribution in [-0.4, -0.2) is 31.1 Å². The fourth-order valence-electron chi connectivity index (χ4n) is 2.82. The highest BCUT2D eigenvalue weighted by atomic mass is 16.1. The van der Waals surface area contributed by atoms with E-state index in [4.69, 9.17) is 5.73 Å². The summed E-state index contributed by atoms with van der Waals surface area (Å²) in [6, 6.07) is 9.04. The van der Waals surface area contributed by atoms with Crippen molar-refractivity contribution in [1.29, 1.82) is 0 Å². The van der Waals surface area contributed by atoms with Gasteiger partial charge in [0.05, 0.1) is 5.54 Å². The minimum Gasteiger partial charge on any atom is -0.369 e. The molecule has 2 unspecified atom stereocenters. The summed E-state index contributed by atoms with van der Waals surface area (Å²) in [7, 11) is 1.79. The molecule has 1 aromatic carbocycles. The quantitative estimate of drug-likeness (QED) is 0.859. The Morgan fingerprint density at radius 2 is 2.20 bits per heavy atom. The zero-order chi connectivity index (χ0) is 14.8. The van der Waals surface area contributed by atoms with E-state index < -0.39 is 5.54 Å². The number of hydrogen-bond donors (Lipinski definition) is 2. The van der Waals surface area contributed by atoms with Gasteiger partial charge in [0.1, 0.15) is 0 Å². The SMILES string of the molecule is CNC(C)(CCN1c2ccccc2CCC1C)C(N)=O. The molecular formula is C16H25N3O. The molecule has 2 atom stereocenters. The summed E-state index contributed by atoms with van der Waals surface area (Å²) in [6.45, 7) is 4.95. The summed E-state index contributed by atoms with van der Waals surface area (Å²) in [6.07, 6.45) is 2.99. The molecule has 4 heteroatoms. The molecule has 0 bridgehead atoms. The van der Waals surface area contributed by atoms with Crippen molar-refractivity contribution in [2.75, 3.05) is 18.5 Å². The van der Waals surface area contributed by atoms with Gasteiger partial charge in [-0.15, -0.1) is 0 Å². The van der Waals surface area contributed by atoms with E-state index in [1.165, 1.54) is 11.3 Å². The standard InChI is InChI=1S/C16H25N3O/c1-12-8-9-13-6-4-5-7-14(13)19(12)11-10-16(2,18-3)15(17)20/h4-7,12,18H,8-11H2,1-3H3,(H2,17,20). The van der Waals surface area contributed by atoms with Gasteiger partial charge in [0, 0.05) is 18.3 Å². The summed E-state index contributed by atoms with van der Waals surface area (Å²) >= 11 is 0. The smallest absolute Gasteiger partial charge is 0.237 e. The second-order valence-corrected chi connectivity index (χ2v) is 5.91. The van der Waals surface area contributed by atoms with E-state index in [0.717, 1.165) is 19.4 Å². The Kier molecular flexibility index (Phi) is 4.33. The number of para-hydroxylation sites is 1. The van der Waals surface area contributed by atoms with Crippen LogP contribution < -0.4 is 16.0 Å². The number of carbonyl (C=O) groups is 1. The molecule has 2 rings (SSSR count). The number of nitrogens with two attached hydrogens (primary N) is 1. The lowest BCUT2D eigenvalue weighted by molar-refractivity contribution is -0.123. The Labute approximate surface area is 121 Å². The van der Waals surface area contributed by atoms with Gasteiger partial charge in [-0.2, -0.15) is 0 Å². The van der Waals surface area contributed by atoms with E-state index in [9.17, 15) is 4.79 Å². The third-order valence-electron chi connectivity index (χ3n) is 4.61. The number of likely N-dealkylation sites (N-methyl/N-ethyl adjacent to an activating group) is 1. The topological polar surface area (TPSA) is 58.4 Å². The fraction of sp³-hybridized carbons (Fsp3) is 0.562. The third kappa shape index (κ3) is 2.80. The lowest BCUT2D eigenvalue weighted by atomic mass is 9.93. The monoisotopic (exact) mass is 275 g/mol. The van der Waals surface area contributed by atoms with Gasteiger partial charge in [0.25, 0.3) is 0 Å². The molecule has 4 nitrogen and oxygen atoms in total. The summed E-state index contributed by atoms with van der Waals surface area (Å²) in [5.41, 5.74) is 7.56. The number of anilines is 1. The number of amides is 1. The molecule has 0 saturated carbocycles. The van der Waals surface area contributed by atoms with Crippen LogP contribution in [0.5, 0.6) is 0 Å². The number of benzene rings is 1. The minimum absolute atomic E-state index is 0.294. The number of primary amides is 1. The number of fused-ring (bicyclic) bond motifs is 1. The van der Waals surface area contributed by atoms with Crippen molar-refractivity contribution in [3.05, 3.63) is 29.8 Å². The zero-order valence-corrected chi connectivity index (χ0v) is 12.6. The Hall–Kier alpha value is -1.55. The van der Waals surface area contributed by atoms with E-state index in [-0.39, 0.29) is 5.91 Å². The first-order valence-electron chi connectivity index (χ1n) is 7.31. The van der Waals surface area contributed by atoms with E-state index in [1.807, 2.05) is 6.92 Å². The van der Waals surface area contributed by atoms with Crippen LogP contribution in [0.1, 0.15) is 32.3 Å². The summed E-state index contributed by atoms with van der Waals surface area (Å²) in [5, 5.41) is 3.06. The predicted molar refractivity (Wildman–Crippen MR) is 82.8 cm³/mol. The van der Waals surface area contributed by atoms with Gasteiger partial charge in [-0.05, 0) is 51.8 Å². The molecule has 1 aliphatic heterocycles. The second-order valence-electron chi connectivity index (χ2n) is 5.91. The zero-order valence-electron chi connectivity index (χ0n) is 12.6. The van der Waals surface area contributed by atoms with Crippen molar-refractivity contribution in [3.8, 4) is 0 Å². The van der Waals surface area contributed by atoms with Crippen molar-refractivity contribution >= 4 is 11.6 Å². The van der Waals surface area contributed by atoms with Crippen LogP contribution in [0.3, 0.4) is 0 Å². The molecule has 1 aromatic rings. The van der Waals surface area contributed by atoms with Crippen LogP contribution in [0.25, 0.3) is 0 Å². The molecule has 0 spiro atoms. The average molecular weight is 275 g/mol. The lowest BCUT2D eigenvalue weighted by Crippen LogP contribution is -2.54.